The molecule has 4 nitrogen and oxygen atoms in total. The minimum absolute atomic E-state index is 0.0102. The second-order valence-corrected chi connectivity index (χ2v) is 4.77. The average molecular weight is 266 g/mol. The minimum Gasteiger partial charge on any atom is -0.494 e. The van der Waals surface area contributed by atoms with Crippen LogP contribution in [0.3, 0.4) is 0 Å². The lowest BCUT2D eigenvalue weighted by Crippen LogP contribution is -2.33. The smallest absolute Gasteiger partial charge is 0.228 e. The number of benzene rings is 1. The van der Waals surface area contributed by atoms with E-state index in [2.05, 4.69) is 5.32 Å². The summed E-state index contributed by atoms with van der Waals surface area (Å²) in [5.74, 6) is -0.287. The number of hydrogen-bond acceptors (Lipinski definition) is 3. The zero-order valence-electron chi connectivity index (χ0n) is 11.3. The minimum atomic E-state index is -0.460. The standard InChI is InChI=1S/C14H19FN2O2/c1-17(14(18)8-10-4-3-7-16-10)11-5-6-13(19-2)12(15)9-11/h5-6,9-10,16H,3-4,7-8H2,1-2H3. The second kappa shape index (κ2) is 6.02. The van der Waals surface area contributed by atoms with E-state index in [1.165, 1.54) is 24.1 Å². The Hall–Kier alpha value is -1.62. The number of carbonyl (C=O) groups excluding carboxylic acids is 1. The third-order valence-electron chi connectivity index (χ3n) is 3.48. The lowest BCUT2D eigenvalue weighted by atomic mass is 10.1. The molecule has 104 valence electrons. The maximum Gasteiger partial charge on any atom is 0.228 e. The molecular formula is C14H19FN2O2. The molecule has 1 aliphatic heterocycles. The summed E-state index contributed by atoms with van der Waals surface area (Å²) in [6.07, 6.45) is 2.58. The monoisotopic (exact) mass is 266 g/mol. The van der Waals surface area contributed by atoms with Crippen molar-refractivity contribution in [3.8, 4) is 5.75 Å². The molecule has 0 radical (unpaired) electrons. The molecule has 0 spiro atoms. The van der Waals surface area contributed by atoms with Gasteiger partial charge in [-0.1, -0.05) is 0 Å². The van der Waals surface area contributed by atoms with Crippen LogP contribution in [0, 0.1) is 5.82 Å². The lowest BCUT2D eigenvalue weighted by molar-refractivity contribution is -0.118. The highest BCUT2D eigenvalue weighted by Crippen LogP contribution is 2.23. The van der Waals surface area contributed by atoms with E-state index >= 15 is 0 Å². The van der Waals surface area contributed by atoms with E-state index in [1.54, 1.807) is 13.1 Å². The Bertz CT molecular complexity index is 459. The normalized spacial score (nSPS) is 18.4. The predicted molar refractivity (Wildman–Crippen MR) is 72.0 cm³/mol. The summed E-state index contributed by atoms with van der Waals surface area (Å²) in [7, 11) is 3.08. The molecule has 0 aromatic heterocycles. The molecule has 1 saturated heterocycles. The highest BCUT2D eigenvalue weighted by Gasteiger charge is 2.21. The van der Waals surface area contributed by atoms with E-state index < -0.39 is 5.82 Å². The van der Waals surface area contributed by atoms with Gasteiger partial charge in [-0.2, -0.15) is 0 Å². The molecule has 1 aliphatic rings. The van der Waals surface area contributed by atoms with Gasteiger partial charge in [-0.15, -0.1) is 0 Å². The van der Waals surface area contributed by atoms with E-state index in [4.69, 9.17) is 4.74 Å². The number of carbonyl (C=O) groups is 1. The first-order valence-corrected chi connectivity index (χ1v) is 6.45. The van der Waals surface area contributed by atoms with Crippen LogP contribution in [-0.4, -0.2) is 32.7 Å². The summed E-state index contributed by atoms with van der Waals surface area (Å²) in [5.41, 5.74) is 0.543. The van der Waals surface area contributed by atoms with Gasteiger partial charge in [0.1, 0.15) is 0 Å². The number of rotatable bonds is 4. The Morgan fingerprint density at radius 2 is 2.37 bits per heavy atom. The van der Waals surface area contributed by atoms with Crippen LogP contribution in [0.15, 0.2) is 18.2 Å². The number of anilines is 1. The zero-order valence-corrected chi connectivity index (χ0v) is 11.3. The summed E-state index contributed by atoms with van der Waals surface area (Å²) < 4.78 is 18.5. The van der Waals surface area contributed by atoms with E-state index in [-0.39, 0.29) is 17.7 Å². The number of halogens is 1. The van der Waals surface area contributed by atoms with E-state index in [0.29, 0.717) is 12.1 Å². The molecule has 0 bridgehead atoms. The Balaban J connectivity index is 2.03. The largest absolute Gasteiger partial charge is 0.494 e. The number of ether oxygens (including phenoxy) is 1. The number of amides is 1. The molecule has 1 aromatic carbocycles. The van der Waals surface area contributed by atoms with Crippen LogP contribution in [0.25, 0.3) is 0 Å². The average Bonchev–Trinajstić information content (AvgIpc) is 2.90. The molecule has 1 unspecified atom stereocenters. The van der Waals surface area contributed by atoms with Crippen LogP contribution >= 0.6 is 0 Å². The summed E-state index contributed by atoms with van der Waals surface area (Å²) in [6, 6.07) is 4.78. The molecule has 1 atom stereocenters. The molecule has 0 saturated carbocycles. The van der Waals surface area contributed by atoms with Gasteiger partial charge in [-0.3, -0.25) is 4.79 Å². The van der Waals surface area contributed by atoms with Gasteiger partial charge in [-0.25, -0.2) is 4.39 Å². The predicted octanol–water partition coefficient (Wildman–Crippen LogP) is 1.94. The van der Waals surface area contributed by atoms with Crippen LogP contribution in [-0.2, 0) is 4.79 Å². The van der Waals surface area contributed by atoms with Crippen LogP contribution in [0.5, 0.6) is 5.75 Å². The topological polar surface area (TPSA) is 41.6 Å². The number of methoxy groups -OCH3 is 1. The van der Waals surface area contributed by atoms with Gasteiger partial charge in [0.15, 0.2) is 11.6 Å². The summed E-state index contributed by atoms with van der Waals surface area (Å²) >= 11 is 0. The number of nitrogens with zero attached hydrogens (tertiary/aromatic N) is 1. The molecular weight excluding hydrogens is 247 g/mol. The van der Waals surface area contributed by atoms with Gasteiger partial charge < -0.3 is 15.0 Å². The van der Waals surface area contributed by atoms with Crippen LogP contribution in [0.1, 0.15) is 19.3 Å². The fourth-order valence-corrected chi connectivity index (χ4v) is 2.29. The van der Waals surface area contributed by atoms with E-state index in [9.17, 15) is 9.18 Å². The summed E-state index contributed by atoms with van der Waals surface area (Å²) in [4.78, 5) is 13.6. The maximum absolute atomic E-state index is 13.6. The SMILES string of the molecule is COc1ccc(N(C)C(=O)CC2CCCN2)cc1F. The molecule has 1 heterocycles. The fourth-order valence-electron chi connectivity index (χ4n) is 2.29. The van der Waals surface area contributed by atoms with Gasteiger partial charge in [-0.05, 0) is 31.5 Å². The van der Waals surface area contributed by atoms with Gasteiger partial charge in [0.05, 0.1) is 7.11 Å². The summed E-state index contributed by atoms with van der Waals surface area (Å²) in [5, 5.41) is 3.28. The van der Waals surface area contributed by atoms with Crippen molar-refractivity contribution >= 4 is 11.6 Å². The second-order valence-electron chi connectivity index (χ2n) is 4.77. The van der Waals surface area contributed by atoms with Crippen molar-refractivity contribution in [2.24, 2.45) is 0 Å². The zero-order chi connectivity index (χ0) is 13.8. The first kappa shape index (κ1) is 13.8. The molecule has 5 heteroatoms. The molecule has 19 heavy (non-hydrogen) atoms. The summed E-state index contributed by atoms with van der Waals surface area (Å²) in [6.45, 7) is 0.971. The molecule has 1 amide bonds. The van der Waals surface area contributed by atoms with E-state index in [0.717, 1.165) is 19.4 Å². The Morgan fingerprint density at radius 3 is 2.95 bits per heavy atom. The van der Waals surface area contributed by atoms with Crippen molar-refractivity contribution in [1.82, 2.24) is 5.32 Å². The van der Waals surface area contributed by atoms with E-state index in [1.807, 2.05) is 0 Å². The first-order chi connectivity index (χ1) is 9.11. The van der Waals surface area contributed by atoms with Crippen molar-refractivity contribution in [3.63, 3.8) is 0 Å². The third kappa shape index (κ3) is 3.23. The van der Waals surface area contributed by atoms with Crippen molar-refractivity contribution < 1.29 is 13.9 Å². The Morgan fingerprint density at radius 1 is 1.58 bits per heavy atom. The third-order valence-corrected chi connectivity index (χ3v) is 3.48. The maximum atomic E-state index is 13.6. The van der Waals surface area contributed by atoms with Crippen LogP contribution in [0.2, 0.25) is 0 Å². The van der Waals surface area contributed by atoms with Gasteiger partial charge in [0.2, 0.25) is 5.91 Å². The molecule has 1 fully saturated rings. The molecule has 1 aromatic rings. The number of hydrogen-bond donors (Lipinski definition) is 1. The van der Waals surface area contributed by atoms with Crippen molar-refractivity contribution in [1.29, 1.82) is 0 Å². The quantitative estimate of drug-likeness (QED) is 0.905. The lowest BCUT2D eigenvalue weighted by Gasteiger charge is -2.20. The molecule has 2 rings (SSSR count). The number of nitrogens with one attached hydrogen (secondary N) is 1. The Kier molecular flexibility index (Phi) is 4.37. The molecule has 1 N–H and O–H groups in total. The van der Waals surface area contributed by atoms with Gasteiger partial charge in [0, 0.05) is 31.3 Å². The highest BCUT2D eigenvalue weighted by molar-refractivity contribution is 5.93. The van der Waals surface area contributed by atoms with Crippen molar-refractivity contribution in [2.75, 3.05) is 25.6 Å². The van der Waals surface area contributed by atoms with Crippen LogP contribution < -0.4 is 15.0 Å². The highest BCUT2D eigenvalue weighted by atomic mass is 19.1. The van der Waals surface area contributed by atoms with Crippen molar-refractivity contribution in [2.45, 2.75) is 25.3 Å². The van der Waals surface area contributed by atoms with Gasteiger partial charge >= 0.3 is 0 Å². The fraction of sp³-hybridized carbons (Fsp3) is 0.500. The first-order valence-electron chi connectivity index (χ1n) is 6.45. The molecule has 0 aliphatic carbocycles. The Labute approximate surface area is 112 Å². The van der Waals surface area contributed by atoms with Crippen molar-refractivity contribution in [3.05, 3.63) is 24.0 Å². The van der Waals surface area contributed by atoms with Crippen LogP contribution in [0.4, 0.5) is 10.1 Å². The van der Waals surface area contributed by atoms with Gasteiger partial charge in [0.25, 0.3) is 0 Å².